The van der Waals surface area contributed by atoms with Crippen molar-refractivity contribution in [2.24, 2.45) is 5.92 Å². The molecule has 4 rings (SSSR count). The Hall–Kier alpha value is -3.15. The number of halogens is 2. The number of rotatable bonds is 2. The summed E-state index contributed by atoms with van der Waals surface area (Å²) < 4.78 is 27.5. The van der Waals surface area contributed by atoms with E-state index in [0.717, 1.165) is 6.20 Å². The van der Waals surface area contributed by atoms with Crippen molar-refractivity contribution in [1.29, 1.82) is 5.26 Å². The maximum Gasteiger partial charge on any atom is 0.187 e. The summed E-state index contributed by atoms with van der Waals surface area (Å²) in [6.45, 7) is 0. The molecule has 0 amide bonds. The average molecular weight is 313 g/mol. The average Bonchev–Trinajstić information content (AvgIpc) is 3.21. The molecule has 0 radical (unpaired) electrons. The van der Waals surface area contributed by atoms with Crippen molar-refractivity contribution >= 4 is 16.9 Å². The minimum atomic E-state index is -0.718. The summed E-state index contributed by atoms with van der Waals surface area (Å²) in [4.78, 5) is 11.9. The Balaban J connectivity index is 1.88. The summed E-state index contributed by atoms with van der Waals surface area (Å²) in [7, 11) is 0. The molecule has 2 atom stereocenters. The number of hydrogen-bond donors (Lipinski definition) is 2. The Kier molecular flexibility index (Phi) is 2.74. The lowest BCUT2D eigenvalue weighted by atomic mass is 10.2. The number of nitrogens with zero attached hydrogens (tertiary/aromatic N) is 5. The quantitative estimate of drug-likeness (QED) is 0.746. The zero-order valence-electron chi connectivity index (χ0n) is 11.6. The smallest absolute Gasteiger partial charge is 0.187 e. The largest absolute Gasteiger partial charge is 0.381 e. The van der Waals surface area contributed by atoms with Gasteiger partial charge in [0.25, 0.3) is 0 Å². The molecule has 7 nitrogen and oxygen atoms in total. The second kappa shape index (κ2) is 4.67. The van der Waals surface area contributed by atoms with Crippen molar-refractivity contribution in [3.63, 3.8) is 0 Å². The molecule has 3 heterocycles. The van der Waals surface area contributed by atoms with Crippen LogP contribution in [0.15, 0.2) is 12.3 Å². The van der Waals surface area contributed by atoms with Gasteiger partial charge in [-0.3, -0.25) is 5.10 Å². The van der Waals surface area contributed by atoms with Gasteiger partial charge in [-0.05, 0) is 12.5 Å². The lowest BCUT2D eigenvalue weighted by Gasteiger charge is -2.06. The van der Waals surface area contributed by atoms with E-state index in [1.807, 2.05) is 0 Å². The van der Waals surface area contributed by atoms with Crippen molar-refractivity contribution in [3.05, 3.63) is 29.6 Å². The molecule has 3 aromatic heterocycles. The predicted molar refractivity (Wildman–Crippen MR) is 75.7 cm³/mol. The van der Waals surface area contributed by atoms with E-state index in [2.05, 4.69) is 31.2 Å². The molecule has 0 saturated heterocycles. The highest BCUT2D eigenvalue weighted by Crippen LogP contribution is 2.47. The molecule has 0 spiro atoms. The normalized spacial score (nSPS) is 19.7. The van der Waals surface area contributed by atoms with Gasteiger partial charge < -0.3 is 5.73 Å². The van der Waals surface area contributed by atoms with Gasteiger partial charge in [0, 0.05) is 5.92 Å². The van der Waals surface area contributed by atoms with Gasteiger partial charge in [0.05, 0.1) is 29.3 Å². The summed E-state index contributed by atoms with van der Waals surface area (Å²) in [5.41, 5.74) is 6.31. The highest BCUT2D eigenvalue weighted by Gasteiger charge is 2.42. The van der Waals surface area contributed by atoms with Crippen LogP contribution in [0.4, 0.5) is 14.6 Å². The first kappa shape index (κ1) is 13.5. The maximum atomic E-state index is 14.1. The highest BCUT2D eigenvalue weighted by molar-refractivity contribution is 5.88. The molecule has 114 valence electrons. The molecular weight excluding hydrogens is 304 g/mol. The molecule has 1 saturated carbocycles. The Bertz CT molecular complexity index is 975. The third-order valence-electron chi connectivity index (χ3n) is 3.81. The van der Waals surface area contributed by atoms with E-state index in [-0.39, 0.29) is 34.8 Å². The Morgan fingerprint density at radius 2 is 2.17 bits per heavy atom. The number of nitrogen functional groups attached to an aromatic ring is 1. The summed E-state index contributed by atoms with van der Waals surface area (Å²) in [6, 6.07) is 3.31. The lowest BCUT2D eigenvalue weighted by Crippen LogP contribution is -2.06. The molecule has 0 aromatic carbocycles. The Morgan fingerprint density at radius 3 is 2.91 bits per heavy atom. The standard InChI is InChI=1S/C14H9F2N7/c15-6-2-8-11(22-23-13(8)19-4-6)14-20-10(7-1-5(7)3-17)9(16)12(18)21-14/h2,4-5,7H,1H2,(H2,18,20,21)(H,19,22,23). The van der Waals surface area contributed by atoms with E-state index in [9.17, 15) is 8.78 Å². The summed E-state index contributed by atoms with van der Waals surface area (Å²) in [5.74, 6) is -2.05. The van der Waals surface area contributed by atoms with Crippen LogP contribution in [0.3, 0.4) is 0 Å². The molecule has 2 unspecified atom stereocenters. The number of fused-ring (bicyclic) bond motifs is 1. The number of nitrogens with two attached hydrogens (primary N) is 1. The minimum absolute atomic E-state index is 0.0948. The van der Waals surface area contributed by atoms with Gasteiger partial charge in [-0.2, -0.15) is 10.4 Å². The molecular formula is C14H9F2N7. The van der Waals surface area contributed by atoms with Gasteiger partial charge in [0.1, 0.15) is 11.5 Å². The van der Waals surface area contributed by atoms with Crippen molar-refractivity contribution in [2.75, 3.05) is 5.73 Å². The van der Waals surface area contributed by atoms with Gasteiger partial charge in [-0.1, -0.05) is 0 Å². The number of nitrogens with one attached hydrogen (secondary N) is 1. The second-order valence-electron chi connectivity index (χ2n) is 5.33. The van der Waals surface area contributed by atoms with Gasteiger partial charge in [0.2, 0.25) is 0 Å². The van der Waals surface area contributed by atoms with Crippen LogP contribution in [0.2, 0.25) is 0 Å². The predicted octanol–water partition coefficient (Wildman–Crippen LogP) is 1.90. The molecule has 23 heavy (non-hydrogen) atoms. The summed E-state index contributed by atoms with van der Waals surface area (Å²) >= 11 is 0. The third kappa shape index (κ3) is 2.07. The van der Waals surface area contributed by atoms with Gasteiger partial charge in [0.15, 0.2) is 23.1 Å². The van der Waals surface area contributed by atoms with Crippen LogP contribution >= 0.6 is 0 Å². The van der Waals surface area contributed by atoms with Crippen molar-refractivity contribution in [3.8, 4) is 17.6 Å². The first-order valence-electron chi connectivity index (χ1n) is 6.81. The van der Waals surface area contributed by atoms with Gasteiger partial charge in [-0.25, -0.2) is 23.7 Å². The molecule has 0 bridgehead atoms. The number of anilines is 1. The van der Waals surface area contributed by atoms with E-state index < -0.39 is 11.6 Å². The zero-order valence-corrected chi connectivity index (χ0v) is 11.6. The van der Waals surface area contributed by atoms with Crippen LogP contribution in [0.25, 0.3) is 22.6 Å². The number of nitriles is 1. The first-order valence-corrected chi connectivity index (χ1v) is 6.81. The maximum absolute atomic E-state index is 14.1. The van der Waals surface area contributed by atoms with Crippen molar-refractivity contribution in [2.45, 2.75) is 12.3 Å². The van der Waals surface area contributed by atoms with Crippen molar-refractivity contribution in [1.82, 2.24) is 25.1 Å². The second-order valence-corrected chi connectivity index (χ2v) is 5.33. The molecule has 3 N–H and O–H groups in total. The molecule has 0 aliphatic heterocycles. The number of hydrogen-bond acceptors (Lipinski definition) is 6. The van der Waals surface area contributed by atoms with Crippen LogP contribution in [0.5, 0.6) is 0 Å². The molecule has 3 aromatic rings. The van der Waals surface area contributed by atoms with Crippen molar-refractivity contribution < 1.29 is 8.78 Å². The molecule has 1 aliphatic carbocycles. The first-order chi connectivity index (χ1) is 11.1. The number of aromatic nitrogens is 5. The van der Waals surface area contributed by atoms with E-state index >= 15 is 0 Å². The number of pyridine rings is 1. The van der Waals surface area contributed by atoms with E-state index in [4.69, 9.17) is 11.0 Å². The Morgan fingerprint density at radius 1 is 1.35 bits per heavy atom. The van der Waals surface area contributed by atoms with Gasteiger partial charge >= 0.3 is 0 Å². The summed E-state index contributed by atoms with van der Waals surface area (Å²) in [6.07, 6.45) is 1.57. The minimum Gasteiger partial charge on any atom is -0.381 e. The van der Waals surface area contributed by atoms with Crippen LogP contribution in [-0.2, 0) is 0 Å². The van der Waals surface area contributed by atoms with Crippen LogP contribution < -0.4 is 5.73 Å². The lowest BCUT2D eigenvalue weighted by molar-refractivity contribution is 0.596. The number of aromatic amines is 1. The highest BCUT2D eigenvalue weighted by atomic mass is 19.1. The Labute approximate surface area is 128 Å². The molecule has 9 heteroatoms. The monoisotopic (exact) mass is 313 g/mol. The molecule has 1 fully saturated rings. The fourth-order valence-electron chi connectivity index (χ4n) is 2.52. The van der Waals surface area contributed by atoms with E-state index in [1.165, 1.54) is 6.07 Å². The summed E-state index contributed by atoms with van der Waals surface area (Å²) in [5, 5.41) is 15.9. The van der Waals surface area contributed by atoms with E-state index in [0.29, 0.717) is 17.5 Å². The van der Waals surface area contributed by atoms with Crippen LogP contribution in [0.1, 0.15) is 18.0 Å². The van der Waals surface area contributed by atoms with Crippen LogP contribution in [-0.4, -0.2) is 25.1 Å². The number of H-pyrrole nitrogens is 1. The zero-order chi connectivity index (χ0) is 16.1. The van der Waals surface area contributed by atoms with Gasteiger partial charge in [-0.15, -0.1) is 0 Å². The molecule has 1 aliphatic rings. The topological polar surface area (TPSA) is 117 Å². The van der Waals surface area contributed by atoms with Crippen LogP contribution in [0, 0.1) is 28.9 Å². The SMILES string of the molecule is N#CC1CC1c1nc(-c2[nH]nc3ncc(F)cc23)nc(N)c1F. The fraction of sp³-hybridized carbons (Fsp3) is 0.214. The third-order valence-corrected chi connectivity index (χ3v) is 3.81. The van der Waals surface area contributed by atoms with E-state index in [1.54, 1.807) is 0 Å². The fourth-order valence-corrected chi connectivity index (χ4v) is 2.52.